The molecule has 0 aliphatic carbocycles. The second kappa shape index (κ2) is 7.42. The standard InChI is InChI=1S/C18H20O/c1-2-17-13-6-7-14-18(17)19-15-9-8-12-16-10-4-3-5-11-16/h2-7,10-11,13-14H,1,8-9,12,15H2. The Labute approximate surface area is 115 Å². The van der Waals surface area contributed by atoms with Crippen LogP contribution in [0.2, 0.25) is 0 Å². The summed E-state index contributed by atoms with van der Waals surface area (Å²) in [6.45, 7) is 4.56. The summed E-state index contributed by atoms with van der Waals surface area (Å²) in [5.41, 5.74) is 2.46. The number of aryl methyl sites for hydroxylation is 1. The average molecular weight is 252 g/mol. The fourth-order valence-corrected chi connectivity index (χ4v) is 2.04. The van der Waals surface area contributed by atoms with Crippen molar-refractivity contribution in [2.75, 3.05) is 6.61 Å². The summed E-state index contributed by atoms with van der Waals surface area (Å²) in [6, 6.07) is 18.6. The topological polar surface area (TPSA) is 9.23 Å². The smallest absolute Gasteiger partial charge is 0.126 e. The van der Waals surface area contributed by atoms with Crippen molar-refractivity contribution in [3.05, 3.63) is 72.3 Å². The van der Waals surface area contributed by atoms with Crippen LogP contribution in [-0.4, -0.2) is 6.61 Å². The third kappa shape index (κ3) is 4.29. The van der Waals surface area contributed by atoms with E-state index in [1.165, 1.54) is 5.56 Å². The molecule has 2 aromatic carbocycles. The molecule has 98 valence electrons. The largest absolute Gasteiger partial charge is 0.493 e. The van der Waals surface area contributed by atoms with Gasteiger partial charge in [-0.3, -0.25) is 0 Å². The summed E-state index contributed by atoms with van der Waals surface area (Å²) in [6.07, 6.45) is 5.17. The highest BCUT2D eigenvalue weighted by molar-refractivity contribution is 5.55. The second-order valence-electron chi connectivity index (χ2n) is 4.53. The van der Waals surface area contributed by atoms with Gasteiger partial charge in [0, 0.05) is 5.56 Å². The van der Waals surface area contributed by atoms with Crippen LogP contribution < -0.4 is 4.74 Å². The summed E-state index contributed by atoms with van der Waals surface area (Å²) in [5.74, 6) is 0.928. The van der Waals surface area contributed by atoms with Crippen molar-refractivity contribution in [1.82, 2.24) is 0 Å². The van der Waals surface area contributed by atoms with Crippen LogP contribution in [0.5, 0.6) is 5.75 Å². The van der Waals surface area contributed by atoms with Gasteiger partial charge >= 0.3 is 0 Å². The van der Waals surface area contributed by atoms with E-state index < -0.39 is 0 Å². The van der Waals surface area contributed by atoms with Crippen molar-refractivity contribution >= 4 is 6.08 Å². The molecular formula is C18H20O. The van der Waals surface area contributed by atoms with Crippen LogP contribution in [0.1, 0.15) is 24.0 Å². The molecule has 1 nitrogen and oxygen atoms in total. The lowest BCUT2D eigenvalue weighted by Crippen LogP contribution is -1.99. The first kappa shape index (κ1) is 13.4. The normalized spacial score (nSPS) is 10.1. The van der Waals surface area contributed by atoms with Crippen LogP contribution >= 0.6 is 0 Å². The fraction of sp³-hybridized carbons (Fsp3) is 0.222. The Morgan fingerprint density at radius 1 is 0.895 bits per heavy atom. The van der Waals surface area contributed by atoms with Crippen molar-refractivity contribution in [3.8, 4) is 5.75 Å². The number of ether oxygens (including phenoxy) is 1. The van der Waals surface area contributed by atoms with Crippen LogP contribution in [0.3, 0.4) is 0 Å². The molecule has 0 bridgehead atoms. The van der Waals surface area contributed by atoms with Crippen LogP contribution in [0.15, 0.2) is 61.2 Å². The van der Waals surface area contributed by atoms with Crippen LogP contribution in [0, 0.1) is 0 Å². The summed E-state index contributed by atoms with van der Waals surface area (Å²) in [5, 5.41) is 0. The van der Waals surface area contributed by atoms with Crippen molar-refractivity contribution < 1.29 is 4.74 Å². The zero-order valence-electron chi connectivity index (χ0n) is 11.2. The second-order valence-corrected chi connectivity index (χ2v) is 4.53. The summed E-state index contributed by atoms with van der Waals surface area (Å²) in [4.78, 5) is 0. The number of benzene rings is 2. The van der Waals surface area contributed by atoms with Gasteiger partial charge in [0.25, 0.3) is 0 Å². The van der Waals surface area contributed by atoms with Gasteiger partial charge in [0.15, 0.2) is 0 Å². The summed E-state index contributed by atoms with van der Waals surface area (Å²) in [7, 11) is 0. The van der Waals surface area contributed by atoms with Gasteiger partial charge in [-0.05, 0) is 30.9 Å². The Morgan fingerprint density at radius 3 is 2.42 bits per heavy atom. The number of rotatable bonds is 7. The molecule has 0 N–H and O–H groups in total. The maximum Gasteiger partial charge on any atom is 0.126 e. The van der Waals surface area contributed by atoms with E-state index in [0.29, 0.717) is 0 Å². The summed E-state index contributed by atoms with van der Waals surface area (Å²) >= 11 is 0. The van der Waals surface area contributed by atoms with Gasteiger partial charge in [-0.25, -0.2) is 0 Å². The highest BCUT2D eigenvalue weighted by Gasteiger charge is 1.99. The molecule has 0 saturated carbocycles. The molecule has 0 radical (unpaired) electrons. The van der Waals surface area contributed by atoms with Gasteiger partial charge in [0.1, 0.15) is 5.75 Å². The molecule has 0 spiro atoms. The molecule has 2 aromatic rings. The molecule has 0 fully saturated rings. The van der Waals surface area contributed by atoms with Gasteiger partial charge in [0.2, 0.25) is 0 Å². The molecule has 0 heterocycles. The van der Waals surface area contributed by atoms with Crippen molar-refractivity contribution in [1.29, 1.82) is 0 Å². The van der Waals surface area contributed by atoms with Gasteiger partial charge < -0.3 is 4.74 Å². The molecule has 19 heavy (non-hydrogen) atoms. The number of unbranched alkanes of at least 4 members (excludes halogenated alkanes) is 1. The molecular weight excluding hydrogens is 232 g/mol. The van der Waals surface area contributed by atoms with Gasteiger partial charge in [0.05, 0.1) is 6.61 Å². The molecule has 0 atom stereocenters. The predicted octanol–water partition coefficient (Wildman–Crippen LogP) is 4.73. The van der Waals surface area contributed by atoms with Crippen molar-refractivity contribution in [2.45, 2.75) is 19.3 Å². The van der Waals surface area contributed by atoms with Crippen LogP contribution in [0.25, 0.3) is 6.08 Å². The highest BCUT2D eigenvalue weighted by atomic mass is 16.5. The van der Waals surface area contributed by atoms with E-state index in [9.17, 15) is 0 Å². The molecule has 0 saturated heterocycles. The minimum Gasteiger partial charge on any atom is -0.493 e. The van der Waals surface area contributed by atoms with E-state index in [-0.39, 0.29) is 0 Å². The molecule has 0 amide bonds. The number of hydrogen-bond acceptors (Lipinski definition) is 1. The SMILES string of the molecule is C=Cc1ccccc1OCCCCc1ccccc1. The molecule has 0 unspecified atom stereocenters. The zero-order valence-corrected chi connectivity index (χ0v) is 11.2. The Bertz CT molecular complexity index is 502. The van der Waals surface area contributed by atoms with Crippen LogP contribution in [-0.2, 0) is 6.42 Å². The predicted molar refractivity (Wildman–Crippen MR) is 81.4 cm³/mol. The minimum atomic E-state index is 0.762. The van der Waals surface area contributed by atoms with E-state index in [1.807, 2.05) is 30.3 Å². The first-order chi connectivity index (χ1) is 9.40. The van der Waals surface area contributed by atoms with E-state index in [0.717, 1.165) is 37.2 Å². The molecule has 0 aromatic heterocycles. The van der Waals surface area contributed by atoms with E-state index in [4.69, 9.17) is 4.74 Å². The lowest BCUT2D eigenvalue weighted by molar-refractivity contribution is 0.306. The van der Waals surface area contributed by atoms with Crippen LogP contribution in [0.4, 0.5) is 0 Å². The molecule has 1 heteroatoms. The van der Waals surface area contributed by atoms with E-state index in [1.54, 1.807) is 0 Å². The first-order valence-electron chi connectivity index (χ1n) is 6.78. The Balaban J connectivity index is 1.71. The van der Waals surface area contributed by atoms with E-state index in [2.05, 4.69) is 36.9 Å². The fourth-order valence-electron chi connectivity index (χ4n) is 2.04. The number of para-hydroxylation sites is 1. The highest BCUT2D eigenvalue weighted by Crippen LogP contribution is 2.19. The quantitative estimate of drug-likeness (QED) is 0.647. The van der Waals surface area contributed by atoms with Gasteiger partial charge in [-0.1, -0.05) is 61.2 Å². The molecule has 2 rings (SSSR count). The third-order valence-corrected chi connectivity index (χ3v) is 3.10. The average Bonchev–Trinajstić information content (AvgIpc) is 2.48. The summed E-state index contributed by atoms with van der Waals surface area (Å²) < 4.78 is 5.79. The monoisotopic (exact) mass is 252 g/mol. The van der Waals surface area contributed by atoms with E-state index >= 15 is 0 Å². The number of hydrogen-bond donors (Lipinski definition) is 0. The van der Waals surface area contributed by atoms with Gasteiger partial charge in [-0.2, -0.15) is 0 Å². The zero-order chi connectivity index (χ0) is 13.3. The molecule has 0 aliphatic rings. The first-order valence-corrected chi connectivity index (χ1v) is 6.78. The third-order valence-electron chi connectivity index (χ3n) is 3.10. The maximum atomic E-state index is 5.79. The lowest BCUT2D eigenvalue weighted by atomic mass is 10.1. The Kier molecular flexibility index (Phi) is 5.24. The molecule has 0 aliphatic heterocycles. The maximum absolute atomic E-state index is 5.79. The van der Waals surface area contributed by atoms with Crippen molar-refractivity contribution in [3.63, 3.8) is 0 Å². The Hall–Kier alpha value is -2.02. The Morgan fingerprint density at radius 2 is 1.63 bits per heavy atom. The van der Waals surface area contributed by atoms with Crippen molar-refractivity contribution in [2.24, 2.45) is 0 Å². The minimum absolute atomic E-state index is 0.762. The van der Waals surface area contributed by atoms with Gasteiger partial charge in [-0.15, -0.1) is 0 Å². The lowest BCUT2D eigenvalue weighted by Gasteiger charge is -2.08.